The Morgan fingerprint density at radius 1 is 1.29 bits per heavy atom. The first-order valence-corrected chi connectivity index (χ1v) is 8.08. The van der Waals surface area contributed by atoms with E-state index in [1.54, 1.807) is 4.90 Å². The van der Waals surface area contributed by atoms with Crippen molar-refractivity contribution in [3.05, 3.63) is 35.4 Å². The normalized spacial score (nSPS) is 18.5. The molecule has 1 saturated heterocycles. The molecule has 1 fully saturated rings. The number of aliphatic hydroxyl groups excluding tert-OH is 1. The second kappa shape index (κ2) is 7.60. The molecule has 1 aromatic carbocycles. The molecule has 116 valence electrons. The summed E-state index contributed by atoms with van der Waals surface area (Å²) in [6, 6.07) is 8.77. The van der Waals surface area contributed by atoms with Gasteiger partial charge in [0.15, 0.2) is 0 Å². The number of β-amino-alcohol motifs (C(OH)–C–C–N with tert-alkyl or cyclic N) is 1. The molecule has 0 aliphatic carbocycles. The van der Waals surface area contributed by atoms with E-state index in [-0.39, 0.29) is 12.0 Å². The summed E-state index contributed by atoms with van der Waals surface area (Å²) in [5.74, 6) is 0.868. The highest BCUT2D eigenvalue weighted by molar-refractivity contribution is 5.76. The first kappa shape index (κ1) is 16.0. The van der Waals surface area contributed by atoms with E-state index in [4.69, 9.17) is 0 Å². The highest BCUT2D eigenvalue weighted by Crippen LogP contribution is 2.14. The van der Waals surface area contributed by atoms with Crippen LogP contribution in [0.2, 0.25) is 0 Å². The number of aliphatic hydroxyl groups is 1. The van der Waals surface area contributed by atoms with Gasteiger partial charge in [-0.1, -0.05) is 38.1 Å². The van der Waals surface area contributed by atoms with Crippen molar-refractivity contribution in [1.29, 1.82) is 0 Å². The zero-order valence-electron chi connectivity index (χ0n) is 13.2. The monoisotopic (exact) mass is 289 g/mol. The van der Waals surface area contributed by atoms with E-state index in [0.29, 0.717) is 25.4 Å². The summed E-state index contributed by atoms with van der Waals surface area (Å²) in [7, 11) is 0. The van der Waals surface area contributed by atoms with Gasteiger partial charge in [0.25, 0.3) is 0 Å². The van der Waals surface area contributed by atoms with Gasteiger partial charge in [0.05, 0.1) is 6.10 Å². The number of hydrogen-bond acceptors (Lipinski definition) is 2. The fraction of sp³-hybridized carbons (Fsp3) is 0.611. The highest BCUT2D eigenvalue weighted by atomic mass is 16.3. The van der Waals surface area contributed by atoms with E-state index in [1.165, 1.54) is 11.1 Å². The molecule has 3 heteroatoms. The van der Waals surface area contributed by atoms with Gasteiger partial charge < -0.3 is 10.0 Å². The molecule has 0 radical (unpaired) electrons. The van der Waals surface area contributed by atoms with Crippen molar-refractivity contribution < 1.29 is 9.90 Å². The van der Waals surface area contributed by atoms with Gasteiger partial charge in [0.1, 0.15) is 0 Å². The van der Waals surface area contributed by atoms with Crippen LogP contribution in [0.15, 0.2) is 24.3 Å². The highest BCUT2D eigenvalue weighted by Gasteiger charge is 2.23. The average molecular weight is 289 g/mol. The Kier molecular flexibility index (Phi) is 5.80. The summed E-state index contributed by atoms with van der Waals surface area (Å²) in [5, 5.41) is 9.45. The van der Waals surface area contributed by atoms with E-state index >= 15 is 0 Å². The van der Waals surface area contributed by atoms with Gasteiger partial charge in [0.2, 0.25) is 5.91 Å². The minimum atomic E-state index is -0.317. The van der Waals surface area contributed by atoms with Crippen LogP contribution in [-0.2, 0) is 17.6 Å². The summed E-state index contributed by atoms with van der Waals surface area (Å²) < 4.78 is 0. The molecule has 0 saturated carbocycles. The van der Waals surface area contributed by atoms with Crippen molar-refractivity contribution in [1.82, 2.24) is 4.90 Å². The number of benzene rings is 1. The van der Waals surface area contributed by atoms with E-state index in [2.05, 4.69) is 38.1 Å². The molecule has 0 spiro atoms. The number of rotatable bonds is 6. The number of aryl methyl sites for hydroxylation is 1. The number of amides is 1. The second-order valence-corrected chi connectivity index (χ2v) is 6.55. The molecule has 0 aromatic heterocycles. The van der Waals surface area contributed by atoms with Crippen molar-refractivity contribution in [2.45, 2.75) is 52.1 Å². The van der Waals surface area contributed by atoms with Crippen LogP contribution in [0.3, 0.4) is 0 Å². The van der Waals surface area contributed by atoms with Gasteiger partial charge in [-0.05, 0) is 42.7 Å². The molecule has 0 bridgehead atoms. The predicted molar refractivity (Wildman–Crippen MR) is 85.1 cm³/mol. The molecule has 1 heterocycles. The molecule has 21 heavy (non-hydrogen) atoms. The zero-order valence-corrected chi connectivity index (χ0v) is 13.2. The van der Waals surface area contributed by atoms with Gasteiger partial charge >= 0.3 is 0 Å². The lowest BCUT2D eigenvalue weighted by molar-refractivity contribution is -0.130. The number of likely N-dealkylation sites (tertiary alicyclic amines) is 1. The van der Waals surface area contributed by atoms with Gasteiger partial charge in [-0.15, -0.1) is 0 Å². The maximum atomic E-state index is 12.0. The maximum absolute atomic E-state index is 12.0. The van der Waals surface area contributed by atoms with E-state index in [1.807, 2.05) is 0 Å². The summed E-state index contributed by atoms with van der Waals surface area (Å²) in [4.78, 5) is 13.8. The predicted octanol–water partition coefficient (Wildman–Crippen LogP) is 2.80. The molecule has 2 rings (SSSR count). The molecule has 1 amide bonds. The van der Waals surface area contributed by atoms with Crippen LogP contribution < -0.4 is 0 Å². The topological polar surface area (TPSA) is 40.5 Å². The van der Waals surface area contributed by atoms with Crippen molar-refractivity contribution in [2.75, 3.05) is 13.1 Å². The zero-order chi connectivity index (χ0) is 15.2. The number of carbonyl (C=O) groups is 1. The Hall–Kier alpha value is -1.35. The summed E-state index contributed by atoms with van der Waals surface area (Å²) in [5.41, 5.74) is 2.69. The number of nitrogens with zero attached hydrogens (tertiary/aromatic N) is 1. The third kappa shape index (κ3) is 5.16. The summed E-state index contributed by atoms with van der Waals surface area (Å²) in [6.07, 6.45) is 3.95. The molecule has 1 atom stereocenters. The molecular weight excluding hydrogens is 262 g/mol. The van der Waals surface area contributed by atoms with Crippen LogP contribution in [0, 0.1) is 5.92 Å². The number of carbonyl (C=O) groups excluding carboxylic acids is 1. The van der Waals surface area contributed by atoms with Crippen LogP contribution in [0.4, 0.5) is 0 Å². The Morgan fingerprint density at radius 3 is 2.52 bits per heavy atom. The van der Waals surface area contributed by atoms with Gasteiger partial charge in [-0.3, -0.25) is 4.79 Å². The SMILES string of the molecule is CC(C)Cc1ccc(CCCC(=O)N2CC[C@H](O)C2)cc1. The van der Waals surface area contributed by atoms with Crippen LogP contribution in [0.25, 0.3) is 0 Å². The van der Waals surface area contributed by atoms with Crippen LogP contribution in [0.1, 0.15) is 44.2 Å². The molecule has 1 aliphatic rings. The molecule has 3 nitrogen and oxygen atoms in total. The molecule has 0 unspecified atom stereocenters. The Balaban J connectivity index is 1.72. The number of hydrogen-bond donors (Lipinski definition) is 1. The summed E-state index contributed by atoms with van der Waals surface area (Å²) in [6.45, 7) is 5.69. The Labute approximate surface area is 128 Å². The fourth-order valence-corrected chi connectivity index (χ4v) is 2.88. The largest absolute Gasteiger partial charge is 0.391 e. The quantitative estimate of drug-likeness (QED) is 0.875. The Bertz CT molecular complexity index is 453. The van der Waals surface area contributed by atoms with Crippen molar-refractivity contribution in [2.24, 2.45) is 5.92 Å². The van der Waals surface area contributed by atoms with Gasteiger partial charge in [0, 0.05) is 19.5 Å². The van der Waals surface area contributed by atoms with E-state index in [0.717, 1.165) is 25.7 Å². The van der Waals surface area contributed by atoms with Crippen LogP contribution in [0.5, 0.6) is 0 Å². The Morgan fingerprint density at radius 2 is 1.95 bits per heavy atom. The first-order chi connectivity index (χ1) is 10.0. The molecule has 1 N–H and O–H groups in total. The average Bonchev–Trinajstić information content (AvgIpc) is 2.87. The van der Waals surface area contributed by atoms with Gasteiger partial charge in [-0.25, -0.2) is 0 Å². The lowest BCUT2D eigenvalue weighted by Crippen LogP contribution is -2.29. The smallest absolute Gasteiger partial charge is 0.222 e. The van der Waals surface area contributed by atoms with Crippen molar-refractivity contribution >= 4 is 5.91 Å². The van der Waals surface area contributed by atoms with Crippen LogP contribution >= 0.6 is 0 Å². The molecule has 1 aliphatic heterocycles. The molecular formula is C18H27NO2. The fourth-order valence-electron chi connectivity index (χ4n) is 2.88. The van der Waals surface area contributed by atoms with E-state index < -0.39 is 0 Å². The second-order valence-electron chi connectivity index (χ2n) is 6.55. The maximum Gasteiger partial charge on any atom is 0.222 e. The van der Waals surface area contributed by atoms with Crippen molar-refractivity contribution in [3.63, 3.8) is 0 Å². The minimum Gasteiger partial charge on any atom is -0.391 e. The minimum absolute atomic E-state index is 0.183. The van der Waals surface area contributed by atoms with E-state index in [9.17, 15) is 9.90 Å². The summed E-state index contributed by atoms with van der Waals surface area (Å²) >= 11 is 0. The third-order valence-corrected chi connectivity index (χ3v) is 4.04. The third-order valence-electron chi connectivity index (χ3n) is 4.04. The van der Waals surface area contributed by atoms with Crippen LogP contribution in [-0.4, -0.2) is 35.1 Å². The first-order valence-electron chi connectivity index (χ1n) is 8.08. The van der Waals surface area contributed by atoms with Crippen molar-refractivity contribution in [3.8, 4) is 0 Å². The standard InChI is InChI=1S/C18H27NO2/c1-14(2)12-16-8-6-15(7-9-16)4-3-5-18(21)19-11-10-17(20)13-19/h6-9,14,17,20H,3-5,10-13H2,1-2H3/t17-/m0/s1. The van der Waals surface area contributed by atoms with Gasteiger partial charge in [-0.2, -0.15) is 0 Å². The lowest BCUT2D eigenvalue weighted by atomic mass is 10.00. The lowest BCUT2D eigenvalue weighted by Gasteiger charge is -2.15. The molecule has 1 aromatic rings.